The predicted molar refractivity (Wildman–Crippen MR) is 60.1 cm³/mol. The van der Waals surface area contributed by atoms with Gasteiger partial charge in [0.2, 0.25) is 0 Å². The number of hydrogen-bond acceptors (Lipinski definition) is 3. The summed E-state index contributed by atoms with van der Waals surface area (Å²) in [4.78, 5) is 10.6. The summed E-state index contributed by atoms with van der Waals surface area (Å²) >= 11 is 0. The molecule has 0 bridgehead atoms. The quantitative estimate of drug-likeness (QED) is 0.768. The third-order valence-electron chi connectivity index (χ3n) is 2.43. The Labute approximate surface area is 90.2 Å². The van der Waals surface area contributed by atoms with Crippen molar-refractivity contribution in [3.05, 3.63) is 29.3 Å². The van der Waals surface area contributed by atoms with Gasteiger partial charge in [0.15, 0.2) is 0 Å². The first-order valence-corrected chi connectivity index (χ1v) is 4.98. The van der Waals surface area contributed by atoms with E-state index in [9.17, 15) is 4.79 Å². The van der Waals surface area contributed by atoms with Crippen LogP contribution in [0.1, 0.15) is 36.9 Å². The average molecular weight is 207 g/mol. The maximum Gasteiger partial charge on any atom is 0.141 e. The first-order valence-electron chi connectivity index (χ1n) is 4.98. The SMILES string of the molecule is COc1cc(C(C)C)ccc1C(N)C=O. The van der Waals surface area contributed by atoms with Crippen molar-refractivity contribution in [1.82, 2.24) is 0 Å². The predicted octanol–water partition coefficient (Wildman–Crippen LogP) is 2.02. The summed E-state index contributed by atoms with van der Waals surface area (Å²) in [7, 11) is 1.58. The molecule has 0 spiro atoms. The number of hydrogen-bond donors (Lipinski definition) is 1. The topological polar surface area (TPSA) is 52.3 Å². The lowest BCUT2D eigenvalue weighted by molar-refractivity contribution is -0.109. The van der Waals surface area contributed by atoms with Gasteiger partial charge in [0.05, 0.1) is 13.2 Å². The van der Waals surface area contributed by atoms with Gasteiger partial charge in [0, 0.05) is 5.56 Å². The van der Waals surface area contributed by atoms with Gasteiger partial charge in [0.1, 0.15) is 12.0 Å². The Bertz CT molecular complexity index is 347. The monoisotopic (exact) mass is 207 g/mol. The normalized spacial score (nSPS) is 12.6. The minimum absolute atomic E-state index is 0.431. The summed E-state index contributed by atoms with van der Waals surface area (Å²) < 4.78 is 5.22. The lowest BCUT2D eigenvalue weighted by Crippen LogP contribution is -2.12. The Morgan fingerprint density at radius 2 is 2.07 bits per heavy atom. The van der Waals surface area contributed by atoms with Crippen molar-refractivity contribution in [2.45, 2.75) is 25.8 Å². The van der Waals surface area contributed by atoms with E-state index in [1.54, 1.807) is 7.11 Å². The van der Waals surface area contributed by atoms with Crippen LogP contribution in [-0.2, 0) is 4.79 Å². The van der Waals surface area contributed by atoms with Gasteiger partial charge in [-0.3, -0.25) is 0 Å². The van der Waals surface area contributed by atoms with E-state index in [1.165, 1.54) is 5.56 Å². The van der Waals surface area contributed by atoms with Gasteiger partial charge in [-0.1, -0.05) is 26.0 Å². The molecule has 1 atom stereocenters. The van der Waals surface area contributed by atoms with Crippen LogP contribution in [-0.4, -0.2) is 13.4 Å². The third-order valence-corrected chi connectivity index (χ3v) is 2.43. The fraction of sp³-hybridized carbons (Fsp3) is 0.417. The van der Waals surface area contributed by atoms with Crippen LogP contribution in [0, 0.1) is 0 Å². The van der Waals surface area contributed by atoms with E-state index in [0.29, 0.717) is 18.0 Å². The number of ether oxygens (including phenoxy) is 1. The molecule has 1 rings (SSSR count). The molecule has 0 aromatic heterocycles. The van der Waals surface area contributed by atoms with Gasteiger partial charge in [-0.25, -0.2) is 0 Å². The molecule has 3 nitrogen and oxygen atoms in total. The molecule has 1 unspecified atom stereocenters. The van der Waals surface area contributed by atoms with E-state index < -0.39 is 6.04 Å². The third kappa shape index (κ3) is 2.57. The molecule has 1 aromatic carbocycles. The molecule has 0 aliphatic rings. The second-order valence-corrected chi connectivity index (χ2v) is 3.82. The van der Waals surface area contributed by atoms with Crippen LogP contribution in [0.2, 0.25) is 0 Å². The van der Waals surface area contributed by atoms with E-state index in [1.807, 2.05) is 18.2 Å². The fourth-order valence-electron chi connectivity index (χ4n) is 1.44. The summed E-state index contributed by atoms with van der Waals surface area (Å²) in [5, 5.41) is 0. The molecule has 1 aromatic rings. The van der Waals surface area contributed by atoms with E-state index in [0.717, 1.165) is 5.56 Å². The van der Waals surface area contributed by atoms with E-state index in [2.05, 4.69) is 13.8 Å². The van der Waals surface area contributed by atoms with Gasteiger partial charge in [-0.2, -0.15) is 0 Å². The smallest absolute Gasteiger partial charge is 0.141 e. The van der Waals surface area contributed by atoms with Crippen molar-refractivity contribution in [3.63, 3.8) is 0 Å². The fourth-order valence-corrected chi connectivity index (χ4v) is 1.44. The van der Waals surface area contributed by atoms with Gasteiger partial charge in [-0.15, -0.1) is 0 Å². The molecule has 0 radical (unpaired) electrons. The molecule has 0 saturated carbocycles. The Morgan fingerprint density at radius 3 is 2.53 bits per heavy atom. The van der Waals surface area contributed by atoms with Crippen molar-refractivity contribution >= 4 is 6.29 Å². The number of rotatable bonds is 4. The second-order valence-electron chi connectivity index (χ2n) is 3.82. The Kier molecular flexibility index (Phi) is 3.86. The zero-order chi connectivity index (χ0) is 11.4. The number of aldehydes is 1. The molecule has 0 aliphatic carbocycles. The zero-order valence-corrected chi connectivity index (χ0v) is 9.36. The molecule has 0 heterocycles. The molecule has 82 valence electrons. The number of benzene rings is 1. The molecule has 0 fully saturated rings. The Hall–Kier alpha value is -1.35. The number of methoxy groups -OCH3 is 1. The molecule has 0 aliphatic heterocycles. The molecular formula is C12H17NO2. The van der Waals surface area contributed by atoms with Gasteiger partial charge >= 0.3 is 0 Å². The molecular weight excluding hydrogens is 190 g/mol. The van der Waals surface area contributed by atoms with Crippen LogP contribution < -0.4 is 10.5 Å². The van der Waals surface area contributed by atoms with Crippen LogP contribution in [0.5, 0.6) is 5.75 Å². The molecule has 3 heteroatoms. The zero-order valence-electron chi connectivity index (χ0n) is 9.36. The van der Waals surface area contributed by atoms with Gasteiger partial charge in [-0.05, 0) is 17.5 Å². The maximum absolute atomic E-state index is 10.6. The molecule has 0 saturated heterocycles. The van der Waals surface area contributed by atoms with Crippen LogP contribution in [0.4, 0.5) is 0 Å². The molecule has 0 amide bonds. The minimum atomic E-state index is -0.610. The van der Waals surface area contributed by atoms with Crippen molar-refractivity contribution in [2.75, 3.05) is 7.11 Å². The number of carbonyl (C=O) groups excluding carboxylic acids is 1. The summed E-state index contributed by atoms with van der Waals surface area (Å²) in [6.07, 6.45) is 0.715. The minimum Gasteiger partial charge on any atom is -0.496 e. The Balaban J connectivity index is 3.14. The highest BCUT2D eigenvalue weighted by molar-refractivity contribution is 5.63. The first kappa shape index (κ1) is 11.7. The van der Waals surface area contributed by atoms with Crippen molar-refractivity contribution in [3.8, 4) is 5.75 Å². The van der Waals surface area contributed by atoms with Crippen molar-refractivity contribution < 1.29 is 9.53 Å². The average Bonchev–Trinajstić information content (AvgIpc) is 2.27. The highest BCUT2D eigenvalue weighted by atomic mass is 16.5. The summed E-state index contributed by atoms with van der Waals surface area (Å²) in [6, 6.07) is 5.16. The van der Waals surface area contributed by atoms with E-state index in [4.69, 9.17) is 10.5 Å². The molecule has 15 heavy (non-hydrogen) atoms. The largest absolute Gasteiger partial charge is 0.496 e. The van der Waals surface area contributed by atoms with Crippen LogP contribution in [0.25, 0.3) is 0 Å². The highest BCUT2D eigenvalue weighted by Gasteiger charge is 2.12. The lowest BCUT2D eigenvalue weighted by Gasteiger charge is -2.14. The van der Waals surface area contributed by atoms with Crippen LogP contribution in [0.3, 0.4) is 0 Å². The first-order chi connectivity index (χ1) is 7.10. The van der Waals surface area contributed by atoms with Crippen molar-refractivity contribution in [2.24, 2.45) is 5.73 Å². The van der Waals surface area contributed by atoms with E-state index in [-0.39, 0.29) is 0 Å². The highest BCUT2D eigenvalue weighted by Crippen LogP contribution is 2.27. The van der Waals surface area contributed by atoms with Crippen molar-refractivity contribution in [1.29, 1.82) is 0 Å². The Morgan fingerprint density at radius 1 is 1.40 bits per heavy atom. The number of nitrogens with two attached hydrogens (primary N) is 1. The standard InChI is InChI=1S/C12H17NO2/c1-8(2)9-4-5-10(11(13)7-14)12(6-9)15-3/h4-8,11H,13H2,1-3H3. The van der Waals surface area contributed by atoms with Crippen LogP contribution in [0.15, 0.2) is 18.2 Å². The van der Waals surface area contributed by atoms with E-state index >= 15 is 0 Å². The molecule has 2 N–H and O–H groups in total. The summed E-state index contributed by atoms with van der Waals surface area (Å²) in [5.74, 6) is 1.11. The summed E-state index contributed by atoms with van der Waals surface area (Å²) in [6.45, 7) is 4.21. The van der Waals surface area contributed by atoms with Gasteiger partial charge < -0.3 is 15.3 Å². The summed E-state index contributed by atoms with van der Waals surface area (Å²) in [5.41, 5.74) is 7.56. The maximum atomic E-state index is 10.6. The van der Waals surface area contributed by atoms with Crippen LogP contribution >= 0.6 is 0 Å². The van der Waals surface area contributed by atoms with Gasteiger partial charge in [0.25, 0.3) is 0 Å². The second kappa shape index (κ2) is 4.94. The number of carbonyl (C=O) groups is 1. The lowest BCUT2D eigenvalue weighted by atomic mass is 9.98.